The monoisotopic (exact) mass is 233 g/mol. The molecule has 2 heterocycles. The Morgan fingerprint density at radius 2 is 1.77 bits per heavy atom. The molecule has 66 valence electrons. The molecule has 0 fully saturated rings. The zero-order chi connectivity index (χ0) is 9.42. The summed E-state index contributed by atoms with van der Waals surface area (Å²) in [7, 11) is 0. The van der Waals surface area contributed by atoms with Crippen molar-refractivity contribution < 1.29 is 0 Å². The Bertz CT molecular complexity index is 472. The molecule has 13 heavy (non-hydrogen) atoms. The van der Waals surface area contributed by atoms with E-state index in [1.54, 1.807) is 12.1 Å². The number of hydrogen-bond acceptors (Lipinski definition) is 3. The summed E-state index contributed by atoms with van der Waals surface area (Å²) in [5.74, 6) is 0. The first-order valence-corrected chi connectivity index (χ1v) is 4.46. The fourth-order valence-corrected chi connectivity index (χ4v) is 1.39. The molecule has 0 unspecified atom stereocenters. The molecule has 0 aliphatic carbocycles. The number of hydrogen-bond donors (Lipinski definition) is 0. The van der Waals surface area contributed by atoms with Gasteiger partial charge in [0.1, 0.15) is 5.15 Å². The van der Waals surface area contributed by atoms with Crippen LogP contribution < -0.4 is 0 Å². The fraction of sp³-hybridized carbons (Fsp3) is 0. The summed E-state index contributed by atoms with van der Waals surface area (Å²) in [5.41, 5.74) is 0.391. The van der Waals surface area contributed by atoms with Crippen LogP contribution in [0, 0.1) is 0 Å². The third-order valence-corrected chi connectivity index (χ3v) is 2.45. The van der Waals surface area contributed by atoms with E-state index in [0.29, 0.717) is 21.2 Å². The lowest BCUT2D eigenvalue weighted by molar-refractivity contribution is 1.05. The molecule has 6 heteroatoms. The molecule has 0 spiro atoms. The lowest BCUT2D eigenvalue weighted by Crippen LogP contribution is -1.89. The van der Waals surface area contributed by atoms with Gasteiger partial charge in [-0.05, 0) is 12.1 Å². The van der Waals surface area contributed by atoms with Gasteiger partial charge in [-0.15, -0.1) is 10.2 Å². The molecule has 0 amide bonds. The number of fused-ring (bicyclic) bond motifs is 1. The van der Waals surface area contributed by atoms with Gasteiger partial charge in [-0.2, -0.15) is 0 Å². The van der Waals surface area contributed by atoms with Crippen LogP contribution in [0.4, 0.5) is 0 Å². The Morgan fingerprint density at radius 1 is 1.00 bits per heavy atom. The molecule has 0 bridgehead atoms. The quantitative estimate of drug-likeness (QED) is 0.658. The molecule has 2 aromatic rings. The van der Waals surface area contributed by atoms with Gasteiger partial charge >= 0.3 is 0 Å². The molecule has 3 nitrogen and oxygen atoms in total. The highest BCUT2D eigenvalue weighted by Crippen LogP contribution is 2.26. The molecule has 0 saturated carbocycles. The standard InChI is InChI=1S/C7H2Cl3N3/c8-4-2-1-3-5(9)6(10)12-13-7(3)11-4/h1-2H. The largest absolute Gasteiger partial charge is 0.215 e. The predicted octanol–water partition coefficient (Wildman–Crippen LogP) is 2.98. The summed E-state index contributed by atoms with van der Waals surface area (Å²) >= 11 is 17.2. The molecular weight excluding hydrogens is 232 g/mol. The van der Waals surface area contributed by atoms with Gasteiger partial charge in [-0.25, -0.2) is 4.98 Å². The summed E-state index contributed by atoms with van der Waals surface area (Å²) in [4.78, 5) is 3.93. The topological polar surface area (TPSA) is 38.7 Å². The second kappa shape index (κ2) is 3.25. The maximum absolute atomic E-state index is 5.86. The van der Waals surface area contributed by atoms with Crippen molar-refractivity contribution in [1.82, 2.24) is 15.2 Å². The molecule has 2 rings (SSSR count). The first-order chi connectivity index (χ1) is 6.18. The van der Waals surface area contributed by atoms with Crippen molar-refractivity contribution in [1.29, 1.82) is 0 Å². The van der Waals surface area contributed by atoms with Crippen molar-refractivity contribution >= 4 is 45.8 Å². The Kier molecular flexibility index (Phi) is 2.24. The molecule has 0 aliphatic heterocycles. The average Bonchev–Trinajstić information content (AvgIpc) is 2.12. The van der Waals surface area contributed by atoms with Gasteiger partial charge in [0.05, 0.1) is 5.02 Å². The van der Waals surface area contributed by atoms with Crippen LogP contribution in [-0.2, 0) is 0 Å². The molecule has 0 N–H and O–H groups in total. The van der Waals surface area contributed by atoms with E-state index in [9.17, 15) is 0 Å². The lowest BCUT2D eigenvalue weighted by atomic mass is 10.3. The van der Waals surface area contributed by atoms with Gasteiger partial charge in [-0.3, -0.25) is 0 Å². The zero-order valence-electron chi connectivity index (χ0n) is 6.13. The van der Waals surface area contributed by atoms with Gasteiger partial charge in [0, 0.05) is 5.39 Å². The Morgan fingerprint density at radius 3 is 2.54 bits per heavy atom. The maximum Gasteiger partial charge on any atom is 0.184 e. The van der Waals surface area contributed by atoms with Crippen molar-refractivity contribution in [3.63, 3.8) is 0 Å². The number of nitrogens with zero attached hydrogens (tertiary/aromatic N) is 3. The normalized spacial score (nSPS) is 10.7. The molecule has 2 aromatic heterocycles. The van der Waals surface area contributed by atoms with Crippen LogP contribution in [-0.4, -0.2) is 15.2 Å². The Labute approximate surface area is 88.7 Å². The summed E-state index contributed by atoms with van der Waals surface area (Å²) in [6, 6.07) is 3.32. The Balaban J connectivity index is 2.87. The van der Waals surface area contributed by atoms with E-state index in [1.807, 2.05) is 0 Å². The third-order valence-electron chi connectivity index (χ3n) is 1.49. The van der Waals surface area contributed by atoms with Crippen LogP contribution in [0.15, 0.2) is 12.1 Å². The summed E-state index contributed by atoms with van der Waals surface area (Å²) in [5, 5.41) is 8.85. The van der Waals surface area contributed by atoms with Crippen LogP contribution in [0.1, 0.15) is 0 Å². The molecule has 0 aromatic carbocycles. The predicted molar refractivity (Wildman–Crippen MR) is 52.4 cm³/mol. The maximum atomic E-state index is 5.86. The lowest BCUT2D eigenvalue weighted by Gasteiger charge is -1.98. The van der Waals surface area contributed by atoms with Crippen molar-refractivity contribution in [3.8, 4) is 0 Å². The molecule has 0 atom stereocenters. The van der Waals surface area contributed by atoms with Crippen LogP contribution >= 0.6 is 34.8 Å². The van der Waals surface area contributed by atoms with Crippen LogP contribution in [0.2, 0.25) is 15.3 Å². The molecule has 0 radical (unpaired) electrons. The molecule has 0 saturated heterocycles. The van der Waals surface area contributed by atoms with Gasteiger partial charge < -0.3 is 0 Å². The average molecular weight is 234 g/mol. The minimum absolute atomic E-state index is 0.165. The number of aromatic nitrogens is 3. The van der Waals surface area contributed by atoms with Gasteiger partial charge in [0.2, 0.25) is 0 Å². The van der Waals surface area contributed by atoms with Crippen molar-refractivity contribution in [2.45, 2.75) is 0 Å². The first kappa shape index (κ1) is 8.94. The minimum atomic E-state index is 0.165. The number of pyridine rings is 1. The van der Waals surface area contributed by atoms with E-state index in [2.05, 4.69) is 15.2 Å². The highest BCUT2D eigenvalue weighted by atomic mass is 35.5. The van der Waals surface area contributed by atoms with Gasteiger partial charge in [-0.1, -0.05) is 34.8 Å². The summed E-state index contributed by atoms with van der Waals surface area (Å²) < 4.78 is 0. The molecule has 0 aliphatic rings. The number of rotatable bonds is 0. The van der Waals surface area contributed by atoms with E-state index in [1.165, 1.54) is 0 Å². The summed E-state index contributed by atoms with van der Waals surface area (Å²) in [6.45, 7) is 0. The smallest absolute Gasteiger partial charge is 0.184 e. The van der Waals surface area contributed by atoms with E-state index in [0.717, 1.165) is 0 Å². The fourth-order valence-electron chi connectivity index (χ4n) is 0.919. The van der Waals surface area contributed by atoms with Crippen LogP contribution in [0.25, 0.3) is 11.0 Å². The van der Waals surface area contributed by atoms with Gasteiger partial charge in [0.15, 0.2) is 10.8 Å². The first-order valence-electron chi connectivity index (χ1n) is 3.32. The minimum Gasteiger partial charge on any atom is -0.215 e. The van der Waals surface area contributed by atoms with Crippen LogP contribution in [0.5, 0.6) is 0 Å². The SMILES string of the molecule is Clc1ccc2c(Cl)c(Cl)nnc2n1. The zero-order valence-corrected chi connectivity index (χ0v) is 8.40. The van der Waals surface area contributed by atoms with Crippen LogP contribution in [0.3, 0.4) is 0 Å². The van der Waals surface area contributed by atoms with E-state index in [4.69, 9.17) is 34.8 Å². The van der Waals surface area contributed by atoms with E-state index >= 15 is 0 Å². The van der Waals surface area contributed by atoms with E-state index in [-0.39, 0.29) is 5.15 Å². The second-order valence-corrected chi connectivity index (χ2v) is 3.43. The summed E-state index contributed by atoms with van der Waals surface area (Å²) in [6.07, 6.45) is 0. The van der Waals surface area contributed by atoms with E-state index < -0.39 is 0 Å². The number of halogens is 3. The highest BCUT2D eigenvalue weighted by Gasteiger charge is 2.07. The molecular formula is C7H2Cl3N3. The highest BCUT2D eigenvalue weighted by molar-refractivity contribution is 6.44. The van der Waals surface area contributed by atoms with Crippen molar-refractivity contribution in [2.75, 3.05) is 0 Å². The van der Waals surface area contributed by atoms with Crippen molar-refractivity contribution in [3.05, 3.63) is 27.5 Å². The third kappa shape index (κ3) is 1.55. The Hall–Kier alpha value is -0.640. The van der Waals surface area contributed by atoms with Crippen molar-refractivity contribution in [2.24, 2.45) is 0 Å². The second-order valence-electron chi connectivity index (χ2n) is 2.31. The van der Waals surface area contributed by atoms with Gasteiger partial charge in [0.25, 0.3) is 0 Å².